The highest BCUT2D eigenvalue weighted by atomic mass is 32.2. The molecular weight excluding hydrogens is 256 g/mol. The van der Waals surface area contributed by atoms with Crippen LogP contribution in [-0.2, 0) is 0 Å². The second-order valence-electron chi connectivity index (χ2n) is 3.20. The van der Waals surface area contributed by atoms with Crippen LogP contribution in [0.2, 0.25) is 0 Å². The van der Waals surface area contributed by atoms with E-state index in [4.69, 9.17) is 0 Å². The molecule has 0 atom stereocenters. The van der Waals surface area contributed by atoms with E-state index in [1.54, 1.807) is 6.07 Å². The van der Waals surface area contributed by atoms with E-state index in [9.17, 15) is 10.1 Å². The number of anilines is 1. The summed E-state index contributed by atoms with van der Waals surface area (Å²) in [5.74, 6) is 0.588. The van der Waals surface area contributed by atoms with E-state index in [2.05, 4.69) is 25.5 Å². The Bertz CT molecular complexity index is 544. The number of pyridine rings is 1. The lowest BCUT2D eigenvalue weighted by molar-refractivity contribution is -0.388. The van der Waals surface area contributed by atoms with Crippen LogP contribution in [0.4, 0.5) is 11.5 Å². The van der Waals surface area contributed by atoms with Gasteiger partial charge in [0.15, 0.2) is 10.2 Å². The Morgan fingerprint density at radius 1 is 1.56 bits per heavy atom. The Kier molecular flexibility index (Phi) is 3.72. The van der Waals surface area contributed by atoms with Gasteiger partial charge in [-0.1, -0.05) is 0 Å². The smallest absolute Gasteiger partial charge is 0.301 e. The molecule has 2 N–H and O–H groups in total. The molecule has 0 aliphatic heterocycles. The molecule has 2 aromatic rings. The number of aromatic amines is 1. The highest BCUT2D eigenvalue weighted by molar-refractivity contribution is 7.99. The van der Waals surface area contributed by atoms with Gasteiger partial charge in [-0.3, -0.25) is 15.2 Å². The first kappa shape index (κ1) is 12.3. The second kappa shape index (κ2) is 5.45. The van der Waals surface area contributed by atoms with Gasteiger partial charge in [0.05, 0.1) is 4.92 Å². The number of hydrogen-bond donors (Lipinski definition) is 2. The van der Waals surface area contributed by atoms with Crippen molar-refractivity contribution >= 4 is 23.3 Å². The molecule has 2 rings (SSSR count). The minimum atomic E-state index is -0.471. The first-order valence-corrected chi connectivity index (χ1v) is 5.95. The number of aromatic nitrogens is 4. The molecule has 0 bridgehead atoms. The van der Waals surface area contributed by atoms with E-state index in [0.29, 0.717) is 17.5 Å². The highest BCUT2D eigenvalue weighted by Gasteiger charge is 2.18. The van der Waals surface area contributed by atoms with Gasteiger partial charge < -0.3 is 5.32 Å². The van der Waals surface area contributed by atoms with Crippen molar-refractivity contribution in [2.45, 2.75) is 17.1 Å². The minimum Gasteiger partial charge on any atom is -0.370 e. The SMILES string of the molecule is CCNc1ccc([N+](=O)[O-])c(Sc2ncn[nH]2)n1. The molecule has 0 saturated heterocycles. The number of hydrogen-bond acceptors (Lipinski definition) is 7. The Morgan fingerprint density at radius 3 is 3.00 bits per heavy atom. The molecule has 94 valence electrons. The molecule has 0 radical (unpaired) electrons. The molecule has 2 heterocycles. The summed E-state index contributed by atoms with van der Waals surface area (Å²) < 4.78 is 0. The Balaban J connectivity index is 2.34. The van der Waals surface area contributed by atoms with E-state index in [1.165, 1.54) is 12.4 Å². The van der Waals surface area contributed by atoms with Gasteiger partial charge in [0.25, 0.3) is 0 Å². The Morgan fingerprint density at radius 2 is 2.39 bits per heavy atom. The maximum absolute atomic E-state index is 10.9. The quantitative estimate of drug-likeness (QED) is 0.625. The van der Waals surface area contributed by atoms with Crippen LogP contribution in [0.1, 0.15) is 6.92 Å². The first-order valence-electron chi connectivity index (χ1n) is 5.13. The van der Waals surface area contributed by atoms with Crippen molar-refractivity contribution in [3.8, 4) is 0 Å². The minimum absolute atomic E-state index is 0.0574. The van der Waals surface area contributed by atoms with Crippen molar-refractivity contribution in [3.05, 3.63) is 28.6 Å². The van der Waals surface area contributed by atoms with Gasteiger partial charge in [-0.05, 0) is 24.8 Å². The van der Waals surface area contributed by atoms with Crippen molar-refractivity contribution < 1.29 is 4.92 Å². The number of H-pyrrole nitrogens is 1. The lowest BCUT2D eigenvalue weighted by Crippen LogP contribution is -2.01. The molecule has 8 nitrogen and oxygen atoms in total. The number of nitrogens with one attached hydrogen (secondary N) is 2. The van der Waals surface area contributed by atoms with Crippen LogP contribution in [0.3, 0.4) is 0 Å². The van der Waals surface area contributed by atoms with Crippen LogP contribution >= 0.6 is 11.8 Å². The number of rotatable bonds is 5. The Hall–Kier alpha value is -2.16. The average Bonchev–Trinajstić information content (AvgIpc) is 2.82. The molecule has 0 aromatic carbocycles. The zero-order chi connectivity index (χ0) is 13.0. The van der Waals surface area contributed by atoms with Gasteiger partial charge in [-0.25, -0.2) is 9.97 Å². The van der Waals surface area contributed by atoms with Crippen molar-refractivity contribution in [2.75, 3.05) is 11.9 Å². The maximum Gasteiger partial charge on any atom is 0.301 e. The fourth-order valence-electron chi connectivity index (χ4n) is 1.26. The van der Waals surface area contributed by atoms with E-state index >= 15 is 0 Å². The summed E-state index contributed by atoms with van der Waals surface area (Å²) in [7, 11) is 0. The van der Waals surface area contributed by atoms with Crippen LogP contribution in [0.15, 0.2) is 28.6 Å². The van der Waals surface area contributed by atoms with Crippen molar-refractivity contribution in [3.63, 3.8) is 0 Å². The fraction of sp³-hybridized carbons (Fsp3) is 0.222. The second-order valence-corrected chi connectivity index (χ2v) is 4.18. The van der Waals surface area contributed by atoms with E-state index < -0.39 is 4.92 Å². The third kappa shape index (κ3) is 2.74. The fourth-order valence-corrected chi connectivity index (χ4v) is 2.03. The summed E-state index contributed by atoms with van der Waals surface area (Å²) in [5.41, 5.74) is -0.0574. The summed E-state index contributed by atoms with van der Waals surface area (Å²) in [4.78, 5) is 18.5. The van der Waals surface area contributed by atoms with Gasteiger partial charge in [-0.2, -0.15) is 5.10 Å². The summed E-state index contributed by atoms with van der Waals surface area (Å²) in [5, 5.41) is 20.9. The summed E-state index contributed by atoms with van der Waals surface area (Å²) in [6.45, 7) is 2.61. The predicted octanol–water partition coefficient (Wildman–Crippen LogP) is 1.69. The molecule has 9 heteroatoms. The normalized spacial score (nSPS) is 10.3. The van der Waals surface area contributed by atoms with Crippen LogP contribution in [-0.4, -0.2) is 31.6 Å². The molecule has 18 heavy (non-hydrogen) atoms. The van der Waals surface area contributed by atoms with Gasteiger partial charge in [-0.15, -0.1) is 0 Å². The van der Waals surface area contributed by atoms with Crippen LogP contribution in [0, 0.1) is 10.1 Å². The van der Waals surface area contributed by atoms with Gasteiger partial charge >= 0.3 is 5.69 Å². The molecule has 0 fully saturated rings. The molecule has 0 amide bonds. The first-order chi connectivity index (χ1) is 8.70. The summed E-state index contributed by atoms with van der Waals surface area (Å²) in [6.07, 6.45) is 1.34. The zero-order valence-corrected chi connectivity index (χ0v) is 10.3. The molecule has 0 unspecified atom stereocenters. The lowest BCUT2D eigenvalue weighted by atomic mass is 10.4. The monoisotopic (exact) mass is 266 g/mol. The molecule has 0 saturated carbocycles. The van der Waals surface area contributed by atoms with Gasteiger partial charge in [0, 0.05) is 12.6 Å². The number of nitrogens with zero attached hydrogens (tertiary/aromatic N) is 4. The topological polar surface area (TPSA) is 110 Å². The molecule has 0 aliphatic carbocycles. The van der Waals surface area contributed by atoms with Gasteiger partial charge in [0.2, 0.25) is 0 Å². The van der Waals surface area contributed by atoms with E-state index in [1.807, 2.05) is 6.92 Å². The summed E-state index contributed by atoms with van der Waals surface area (Å²) in [6, 6.07) is 3.00. The highest BCUT2D eigenvalue weighted by Crippen LogP contribution is 2.31. The largest absolute Gasteiger partial charge is 0.370 e. The maximum atomic E-state index is 10.9. The third-order valence-electron chi connectivity index (χ3n) is 1.98. The van der Waals surface area contributed by atoms with E-state index in [-0.39, 0.29) is 10.7 Å². The van der Waals surface area contributed by atoms with Crippen molar-refractivity contribution in [1.82, 2.24) is 20.2 Å². The number of nitro groups is 1. The lowest BCUT2D eigenvalue weighted by Gasteiger charge is -2.04. The molecule has 0 aliphatic rings. The molecule has 2 aromatic heterocycles. The average molecular weight is 266 g/mol. The third-order valence-corrected chi connectivity index (χ3v) is 2.86. The Labute approximate surface area is 106 Å². The summed E-state index contributed by atoms with van der Waals surface area (Å²) >= 11 is 1.07. The van der Waals surface area contributed by atoms with E-state index in [0.717, 1.165) is 11.8 Å². The van der Waals surface area contributed by atoms with Crippen molar-refractivity contribution in [2.24, 2.45) is 0 Å². The molecule has 0 spiro atoms. The standard InChI is InChI=1S/C9H10N6O2S/c1-2-10-7-4-3-6(15(16)17)8(13-7)18-9-11-5-12-14-9/h3-5H,2H2,1H3,(H,10,13)(H,11,12,14). The van der Waals surface area contributed by atoms with Crippen molar-refractivity contribution in [1.29, 1.82) is 0 Å². The van der Waals surface area contributed by atoms with Crippen LogP contribution in [0.25, 0.3) is 0 Å². The van der Waals surface area contributed by atoms with Crippen LogP contribution < -0.4 is 5.32 Å². The zero-order valence-electron chi connectivity index (χ0n) is 9.45. The molecular formula is C9H10N6O2S. The van der Waals surface area contributed by atoms with Crippen LogP contribution in [0.5, 0.6) is 0 Å². The van der Waals surface area contributed by atoms with Gasteiger partial charge in [0.1, 0.15) is 12.1 Å². The predicted molar refractivity (Wildman–Crippen MR) is 65.6 cm³/mol.